The van der Waals surface area contributed by atoms with Crippen LogP contribution >= 0.6 is 11.6 Å². The third kappa shape index (κ3) is 5.25. The molecule has 0 spiro atoms. The third-order valence-corrected chi connectivity index (χ3v) is 3.50. The van der Waals surface area contributed by atoms with Gasteiger partial charge in [-0.15, -0.1) is 0 Å². The van der Waals surface area contributed by atoms with E-state index in [0.29, 0.717) is 5.76 Å². The van der Waals surface area contributed by atoms with E-state index in [9.17, 15) is 22.8 Å². The minimum absolute atomic E-state index is 0.0303. The molecule has 0 bridgehead atoms. The minimum Gasteiger partial charge on any atom is -0.467 e. The molecular formula is C16H14ClF3N2O3. The first-order valence-corrected chi connectivity index (χ1v) is 7.49. The molecule has 2 amide bonds. The SMILES string of the molecule is CC(=O)N(CC(=O)Nc1ccc(Cl)cc1C(F)(F)F)Cc1ccco1. The zero-order valence-electron chi connectivity index (χ0n) is 13.1. The highest BCUT2D eigenvalue weighted by Gasteiger charge is 2.34. The molecule has 1 aromatic carbocycles. The lowest BCUT2D eigenvalue weighted by atomic mass is 10.1. The van der Waals surface area contributed by atoms with Crippen LogP contribution in [0.5, 0.6) is 0 Å². The summed E-state index contributed by atoms with van der Waals surface area (Å²) >= 11 is 5.59. The number of amides is 2. The maximum absolute atomic E-state index is 13.0. The number of furan rings is 1. The van der Waals surface area contributed by atoms with E-state index in [1.165, 1.54) is 19.3 Å². The number of carbonyl (C=O) groups excluding carboxylic acids is 2. The Bertz CT molecular complexity index is 760. The second-order valence-electron chi connectivity index (χ2n) is 5.19. The van der Waals surface area contributed by atoms with Gasteiger partial charge < -0.3 is 14.6 Å². The summed E-state index contributed by atoms with van der Waals surface area (Å²) < 4.78 is 44.2. The van der Waals surface area contributed by atoms with Crippen molar-refractivity contribution in [3.05, 3.63) is 52.9 Å². The van der Waals surface area contributed by atoms with E-state index < -0.39 is 35.8 Å². The van der Waals surface area contributed by atoms with Crippen molar-refractivity contribution < 1.29 is 27.2 Å². The molecule has 5 nitrogen and oxygen atoms in total. The summed E-state index contributed by atoms with van der Waals surface area (Å²) in [7, 11) is 0. The molecule has 0 aliphatic rings. The van der Waals surface area contributed by atoms with Crippen LogP contribution in [0.2, 0.25) is 5.02 Å². The van der Waals surface area contributed by atoms with Crippen molar-refractivity contribution in [3.8, 4) is 0 Å². The Morgan fingerprint density at radius 2 is 2.00 bits per heavy atom. The van der Waals surface area contributed by atoms with E-state index in [2.05, 4.69) is 5.32 Å². The lowest BCUT2D eigenvalue weighted by Crippen LogP contribution is -2.36. The average molecular weight is 375 g/mol. The van der Waals surface area contributed by atoms with Crippen molar-refractivity contribution in [3.63, 3.8) is 0 Å². The molecule has 0 unspecified atom stereocenters. The van der Waals surface area contributed by atoms with Gasteiger partial charge in [-0.1, -0.05) is 11.6 Å². The van der Waals surface area contributed by atoms with Gasteiger partial charge in [-0.25, -0.2) is 0 Å². The van der Waals surface area contributed by atoms with E-state index >= 15 is 0 Å². The molecule has 25 heavy (non-hydrogen) atoms. The van der Waals surface area contributed by atoms with Gasteiger partial charge in [0.15, 0.2) is 0 Å². The Morgan fingerprint density at radius 3 is 2.56 bits per heavy atom. The number of anilines is 1. The Labute approximate surface area is 146 Å². The quantitative estimate of drug-likeness (QED) is 0.862. The lowest BCUT2D eigenvalue weighted by molar-refractivity contribution is -0.137. The standard InChI is InChI=1S/C16H14ClF3N2O3/c1-10(23)22(8-12-3-2-6-25-12)9-15(24)21-14-5-4-11(17)7-13(14)16(18,19)20/h2-7H,8-9H2,1H3,(H,21,24). The zero-order chi connectivity index (χ0) is 18.6. The topological polar surface area (TPSA) is 62.6 Å². The Morgan fingerprint density at radius 1 is 1.28 bits per heavy atom. The molecule has 1 heterocycles. The number of benzene rings is 1. The van der Waals surface area contributed by atoms with Crippen LogP contribution in [0.3, 0.4) is 0 Å². The lowest BCUT2D eigenvalue weighted by Gasteiger charge is -2.20. The summed E-state index contributed by atoms with van der Waals surface area (Å²) in [5.74, 6) is -0.737. The number of hydrogen-bond acceptors (Lipinski definition) is 3. The summed E-state index contributed by atoms with van der Waals surface area (Å²) in [6.45, 7) is 0.859. The number of hydrogen-bond donors (Lipinski definition) is 1. The van der Waals surface area contributed by atoms with E-state index in [4.69, 9.17) is 16.0 Å². The molecule has 0 saturated heterocycles. The molecular weight excluding hydrogens is 361 g/mol. The van der Waals surface area contributed by atoms with E-state index in [1.807, 2.05) is 0 Å². The van der Waals surface area contributed by atoms with Gasteiger partial charge in [0.1, 0.15) is 12.3 Å². The number of halogens is 4. The molecule has 0 saturated carbocycles. The minimum atomic E-state index is -4.68. The van der Waals surface area contributed by atoms with Gasteiger partial charge in [0.25, 0.3) is 0 Å². The highest BCUT2D eigenvalue weighted by molar-refractivity contribution is 6.30. The number of nitrogens with one attached hydrogen (secondary N) is 1. The second-order valence-corrected chi connectivity index (χ2v) is 5.63. The smallest absolute Gasteiger partial charge is 0.418 e. The van der Waals surface area contributed by atoms with Gasteiger partial charge >= 0.3 is 6.18 Å². The molecule has 2 rings (SSSR count). The van der Waals surface area contributed by atoms with Crippen molar-refractivity contribution in [2.45, 2.75) is 19.6 Å². The number of carbonyl (C=O) groups is 2. The summed E-state index contributed by atoms with van der Waals surface area (Å²) in [6.07, 6.45) is -3.26. The normalized spacial score (nSPS) is 11.2. The fourth-order valence-corrected chi connectivity index (χ4v) is 2.26. The van der Waals surface area contributed by atoms with Crippen LogP contribution < -0.4 is 5.32 Å². The first-order chi connectivity index (χ1) is 11.7. The maximum atomic E-state index is 13.0. The largest absolute Gasteiger partial charge is 0.467 e. The van der Waals surface area contributed by atoms with Gasteiger partial charge in [0.2, 0.25) is 11.8 Å². The Kier molecular flexibility index (Phi) is 5.73. The Hall–Kier alpha value is -2.48. The second kappa shape index (κ2) is 7.60. The van der Waals surface area contributed by atoms with E-state index in [-0.39, 0.29) is 11.6 Å². The summed E-state index contributed by atoms with van der Waals surface area (Å²) in [5.41, 5.74) is -1.49. The predicted molar refractivity (Wildman–Crippen MR) is 84.9 cm³/mol. The van der Waals surface area contributed by atoms with Crippen LogP contribution in [0.4, 0.5) is 18.9 Å². The molecule has 0 atom stereocenters. The monoisotopic (exact) mass is 374 g/mol. The molecule has 0 aliphatic heterocycles. The molecule has 134 valence electrons. The predicted octanol–water partition coefficient (Wildman–Crippen LogP) is 3.94. The number of nitrogens with zero attached hydrogens (tertiary/aromatic N) is 1. The Balaban J connectivity index is 2.12. The van der Waals surface area contributed by atoms with Crippen molar-refractivity contribution in [2.24, 2.45) is 0 Å². The molecule has 9 heteroatoms. The highest BCUT2D eigenvalue weighted by Crippen LogP contribution is 2.36. The molecule has 0 radical (unpaired) electrons. The van der Waals surface area contributed by atoms with Gasteiger partial charge in [-0.05, 0) is 30.3 Å². The molecule has 1 aromatic heterocycles. The van der Waals surface area contributed by atoms with Crippen molar-refractivity contribution >= 4 is 29.1 Å². The average Bonchev–Trinajstić information content (AvgIpc) is 3.00. The number of rotatable bonds is 5. The van der Waals surface area contributed by atoms with Crippen molar-refractivity contribution in [1.29, 1.82) is 0 Å². The van der Waals surface area contributed by atoms with Crippen LogP contribution in [0.15, 0.2) is 41.0 Å². The highest BCUT2D eigenvalue weighted by atomic mass is 35.5. The van der Waals surface area contributed by atoms with Crippen LogP contribution in [0.25, 0.3) is 0 Å². The van der Waals surface area contributed by atoms with Gasteiger partial charge in [-0.3, -0.25) is 9.59 Å². The summed E-state index contributed by atoms with van der Waals surface area (Å²) in [5, 5.41) is 2.06. The molecule has 2 aromatic rings. The summed E-state index contributed by atoms with van der Waals surface area (Å²) in [4.78, 5) is 24.9. The number of alkyl halides is 3. The van der Waals surface area contributed by atoms with Crippen LogP contribution in [0, 0.1) is 0 Å². The van der Waals surface area contributed by atoms with Crippen LogP contribution in [-0.4, -0.2) is 23.3 Å². The first-order valence-electron chi connectivity index (χ1n) is 7.11. The van der Waals surface area contributed by atoms with Gasteiger partial charge in [0.05, 0.1) is 24.1 Å². The van der Waals surface area contributed by atoms with Crippen LogP contribution in [-0.2, 0) is 22.3 Å². The zero-order valence-corrected chi connectivity index (χ0v) is 13.8. The fraction of sp³-hybridized carbons (Fsp3) is 0.250. The first kappa shape index (κ1) is 18.9. The molecule has 1 N–H and O–H groups in total. The summed E-state index contributed by atoms with van der Waals surface area (Å²) in [6, 6.07) is 6.26. The molecule has 0 fully saturated rings. The molecule has 0 aliphatic carbocycles. The van der Waals surface area contributed by atoms with Gasteiger partial charge in [-0.2, -0.15) is 13.2 Å². The van der Waals surface area contributed by atoms with E-state index in [1.54, 1.807) is 12.1 Å². The van der Waals surface area contributed by atoms with Crippen molar-refractivity contribution in [2.75, 3.05) is 11.9 Å². The van der Waals surface area contributed by atoms with Crippen molar-refractivity contribution in [1.82, 2.24) is 4.90 Å². The fourth-order valence-electron chi connectivity index (χ4n) is 2.09. The van der Waals surface area contributed by atoms with Gasteiger partial charge in [0, 0.05) is 11.9 Å². The van der Waals surface area contributed by atoms with E-state index in [0.717, 1.165) is 17.0 Å². The maximum Gasteiger partial charge on any atom is 0.418 e. The third-order valence-electron chi connectivity index (χ3n) is 3.27. The van der Waals surface area contributed by atoms with Crippen LogP contribution in [0.1, 0.15) is 18.2 Å².